The van der Waals surface area contributed by atoms with Crippen molar-refractivity contribution in [3.8, 4) is 0 Å². The second-order valence-corrected chi connectivity index (χ2v) is 16.7. The summed E-state index contributed by atoms with van der Waals surface area (Å²) in [7, 11) is 0. The van der Waals surface area contributed by atoms with Gasteiger partial charge in [0.25, 0.3) is 0 Å². The Bertz CT molecular complexity index is 984. The number of hydrogen-bond donors (Lipinski definition) is 0. The highest BCUT2D eigenvalue weighted by Gasteiger charge is 2.19. The molecule has 58 heavy (non-hydrogen) atoms. The zero-order valence-electron chi connectivity index (χ0n) is 38.6. The van der Waals surface area contributed by atoms with Gasteiger partial charge in [0, 0.05) is 19.3 Å². The molecule has 0 heterocycles. The van der Waals surface area contributed by atoms with Crippen LogP contribution in [-0.4, -0.2) is 37.2 Å². The van der Waals surface area contributed by atoms with E-state index in [0.717, 1.165) is 77.0 Å². The minimum absolute atomic E-state index is 0.0736. The summed E-state index contributed by atoms with van der Waals surface area (Å²) in [5.74, 6) is -0.885. The highest BCUT2D eigenvalue weighted by molar-refractivity contribution is 5.71. The van der Waals surface area contributed by atoms with E-state index in [0.29, 0.717) is 19.3 Å². The molecule has 0 amide bonds. The second-order valence-electron chi connectivity index (χ2n) is 16.7. The molecular formula is C52H94O6. The second kappa shape index (κ2) is 47.3. The molecule has 0 radical (unpaired) electrons. The van der Waals surface area contributed by atoms with Gasteiger partial charge in [-0.25, -0.2) is 0 Å². The summed E-state index contributed by atoms with van der Waals surface area (Å²) in [4.78, 5) is 37.7. The van der Waals surface area contributed by atoms with Gasteiger partial charge in [0.15, 0.2) is 6.10 Å². The normalized spacial score (nSPS) is 12.3. The fourth-order valence-corrected chi connectivity index (χ4v) is 7.10. The maximum Gasteiger partial charge on any atom is 0.306 e. The average Bonchev–Trinajstić information content (AvgIpc) is 3.22. The first kappa shape index (κ1) is 55.6. The average molecular weight is 815 g/mol. The van der Waals surface area contributed by atoms with Crippen LogP contribution in [-0.2, 0) is 28.6 Å². The Hall–Kier alpha value is -2.37. The predicted molar refractivity (Wildman–Crippen MR) is 247 cm³/mol. The van der Waals surface area contributed by atoms with E-state index in [2.05, 4.69) is 57.2 Å². The van der Waals surface area contributed by atoms with Crippen LogP contribution in [0.2, 0.25) is 0 Å². The third-order valence-electron chi connectivity index (χ3n) is 10.9. The molecule has 1 atom stereocenters. The standard InChI is InChI=1S/C52H94O6/c1-4-7-10-13-16-18-20-22-24-25-26-27-28-30-31-33-36-39-42-45-51(54)57-48-49(47-56-50(53)44-41-38-35-15-12-9-6-3)58-52(55)46-43-40-37-34-32-29-23-21-19-17-14-11-8-5-2/h16,18,22,24,26-27,49H,4-15,17,19-21,23,25,28-48H2,1-3H3/b18-16-,24-22-,27-26-. The fraction of sp³-hybridized carbons (Fsp3) is 0.827. The molecule has 0 aliphatic heterocycles. The predicted octanol–water partition coefficient (Wildman–Crippen LogP) is 16.1. The molecule has 0 aliphatic rings. The maximum absolute atomic E-state index is 12.7. The number of allylic oxidation sites excluding steroid dienone is 6. The lowest BCUT2D eigenvalue weighted by Crippen LogP contribution is -2.30. The van der Waals surface area contributed by atoms with Gasteiger partial charge in [-0.1, -0.05) is 218 Å². The van der Waals surface area contributed by atoms with Gasteiger partial charge in [-0.15, -0.1) is 0 Å². The van der Waals surface area contributed by atoms with Gasteiger partial charge in [-0.05, 0) is 57.8 Å². The van der Waals surface area contributed by atoms with Crippen molar-refractivity contribution < 1.29 is 28.6 Å². The van der Waals surface area contributed by atoms with Gasteiger partial charge in [0.05, 0.1) is 0 Å². The molecule has 0 fully saturated rings. The molecule has 1 unspecified atom stereocenters. The molecule has 0 aromatic heterocycles. The fourth-order valence-electron chi connectivity index (χ4n) is 7.10. The Balaban J connectivity index is 4.26. The largest absolute Gasteiger partial charge is 0.462 e. The molecule has 0 spiro atoms. The first-order valence-electron chi connectivity index (χ1n) is 25.0. The molecule has 0 aliphatic carbocycles. The smallest absolute Gasteiger partial charge is 0.306 e. The number of hydrogen-bond acceptors (Lipinski definition) is 6. The zero-order valence-corrected chi connectivity index (χ0v) is 38.6. The van der Waals surface area contributed by atoms with E-state index in [-0.39, 0.29) is 31.1 Å². The zero-order chi connectivity index (χ0) is 42.3. The third kappa shape index (κ3) is 44.7. The van der Waals surface area contributed by atoms with Crippen LogP contribution in [0, 0.1) is 0 Å². The Kier molecular flexibility index (Phi) is 45.4. The molecule has 338 valence electrons. The van der Waals surface area contributed by atoms with Crippen LogP contribution in [0.5, 0.6) is 0 Å². The highest BCUT2D eigenvalue weighted by atomic mass is 16.6. The Morgan fingerprint density at radius 1 is 0.345 bits per heavy atom. The molecule has 0 saturated heterocycles. The van der Waals surface area contributed by atoms with Gasteiger partial charge < -0.3 is 14.2 Å². The van der Waals surface area contributed by atoms with Crippen molar-refractivity contribution in [1.29, 1.82) is 0 Å². The minimum Gasteiger partial charge on any atom is -0.462 e. The number of carbonyl (C=O) groups excluding carboxylic acids is 3. The summed E-state index contributed by atoms with van der Waals surface area (Å²) in [5, 5.41) is 0. The third-order valence-corrected chi connectivity index (χ3v) is 10.9. The maximum atomic E-state index is 12.7. The quantitative estimate of drug-likeness (QED) is 0.0264. The number of rotatable bonds is 45. The van der Waals surface area contributed by atoms with Gasteiger partial charge in [0.1, 0.15) is 13.2 Å². The van der Waals surface area contributed by atoms with Crippen LogP contribution >= 0.6 is 0 Å². The van der Waals surface area contributed by atoms with Crippen LogP contribution in [0.25, 0.3) is 0 Å². The summed E-state index contributed by atoms with van der Waals surface area (Å²) >= 11 is 0. The van der Waals surface area contributed by atoms with Crippen molar-refractivity contribution in [2.75, 3.05) is 13.2 Å². The lowest BCUT2D eigenvalue weighted by molar-refractivity contribution is -0.167. The van der Waals surface area contributed by atoms with E-state index < -0.39 is 6.10 Å². The molecule has 0 saturated carbocycles. The first-order chi connectivity index (χ1) is 28.5. The summed E-state index contributed by atoms with van der Waals surface area (Å²) in [5.41, 5.74) is 0. The SMILES string of the molecule is CCCCC/C=C\C/C=C\C/C=C\CCCCCCCCC(=O)OCC(COC(=O)CCCCCCCCC)OC(=O)CCCCCCCCCCCCCCCC. The van der Waals surface area contributed by atoms with E-state index in [1.54, 1.807) is 0 Å². The molecule has 0 aromatic carbocycles. The van der Waals surface area contributed by atoms with Crippen LogP contribution < -0.4 is 0 Å². The van der Waals surface area contributed by atoms with Crippen molar-refractivity contribution in [3.05, 3.63) is 36.5 Å². The van der Waals surface area contributed by atoms with E-state index in [9.17, 15) is 14.4 Å². The Morgan fingerprint density at radius 3 is 1.00 bits per heavy atom. The van der Waals surface area contributed by atoms with Crippen LogP contribution in [0.1, 0.15) is 258 Å². The number of ether oxygens (including phenoxy) is 3. The van der Waals surface area contributed by atoms with E-state index in [1.165, 1.54) is 141 Å². The van der Waals surface area contributed by atoms with Crippen molar-refractivity contribution in [1.82, 2.24) is 0 Å². The number of carbonyl (C=O) groups is 3. The molecule has 0 aromatic rings. The summed E-state index contributed by atoms with van der Waals surface area (Å²) in [6.45, 7) is 6.57. The van der Waals surface area contributed by atoms with E-state index in [1.807, 2.05) is 0 Å². The van der Waals surface area contributed by atoms with Crippen LogP contribution in [0.3, 0.4) is 0 Å². The summed E-state index contributed by atoms with van der Waals surface area (Å²) in [6, 6.07) is 0. The monoisotopic (exact) mass is 815 g/mol. The van der Waals surface area contributed by atoms with E-state index >= 15 is 0 Å². The summed E-state index contributed by atoms with van der Waals surface area (Å²) < 4.78 is 16.7. The minimum atomic E-state index is -0.770. The lowest BCUT2D eigenvalue weighted by atomic mass is 10.0. The van der Waals surface area contributed by atoms with Gasteiger partial charge in [0.2, 0.25) is 0 Å². The van der Waals surface area contributed by atoms with Crippen molar-refractivity contribution in [2.24, 2.45) is 0 Å². The van der Waals surface area contributed by atoms with E-state index in [4.69, 9.17) is 14.2 Å². The van der Waals surface area contributed by atoms with Gasteiger partial charge >= 0.3 is 17.9 Å². The lowest BCUT2D eigenvalue weighted by Gasteiger charge is -2.18. The molecule has 6 nitrogen and oxygen atoms in total. The number of esters is 3. The van der Waals surface area contributed by atoms with Crippen LogP contribution in [0.15, 0.2) is 36.5 Å². The Morgan fingerprint density at radius 2 is 0.621 bits per heavy atom. The van der Waals surface area contributed by atoms with Crippen molar-refractivity contribution in [2.45, 2.75) is 264 Å². The molecule has 0 bridgehead atoms. The molecular weight excluding hydrogens is 721 g/mol. The summed E-state index contributed by atoms with van der Waals surface area (Å²) in [6.07, 6.45) is 54.2. The van der Waals surface area contributed by atoms with Gasteiger partial charge in [-0.2, -0.15) is 0 Å². The Labute approximate surface area is 359 Å². The van der Waals surface area contributed by atoms with Crippen molar-refractivity contribution >= 4 is 17.9 Å². The van der Waals surface area contributed by atoms with Gasteiger partial charge in [-0.3, -0.25) is 14.4 Å². The highest BCUT2D eigenvalue weighted by Crippen LogP contribution is 2.15. The van der Waals surface area contributed by atoms with Crippen LogP contribution in [0.4, 0.5) is 0 Å². The molecule has 6 heteroatoms. The van der Waals surface area contributed by atoms with Crippen molar-refractivity contribution in [3.63, 3.8) is 0 Å². The number of unbranched alkanes of at least 4 members (excludes halogenated alkanes) is 28. The topological polar surface area (TPSA) is 78.9 Å². The molecule has 0 N–H and O–H groups in total. The molecule has 0 rings (SSSR count). The first-order valence-corrected chi connectivity index (χ1v) is 25.0.